The number of carbonyl (C=O) groups excluding carboxylic acids is 1. The second-order valence-corrected chi connectivity index (χ2v) is 7.61. The Morgan fingerprint density at radius 1 is 1.17 bits per heavy atom. The van der Waals surface area contributed by atoms with E-state index in [0.29, 0.717) is 18.8 Å². The molecule has 1 unspecified atom stereocenters. The van der Waals surface area contributed by atoms with Gasteiger partial charge in [0, 0.05) is 24.8 Å². The molecule has 0 aliphatic carbocycles. The highest BCUT2D eigenvalue weighted by Gasteiger charge is 2.21. The number of fused-ring (bicyclic) bond motifs is 1. The van der Waals surface area contributed by atoms with Gasteiger partial charge >= 0.3 is 5.69 Å². The van der Waals surface area contributed by atoms with E-state index in [9.17, 15) is 14.4 Å². The molecule has 3 N–H and O–H groups in total. The lowest BCUT2D eigenvalue weighted by Crippen LogP contribution is -2.38. The van der Waals surface area contributed by atoms with Gasteiger partial charge in [-0.1, -0.05) is 27.7 Å². The van der Waals surface area contributed by atoms with Gasteiger partial charge in [0.2, 0.25) is 0 Å². The van der Waals surface area contributed by atoms with Crippen LogP contribution in [0.5, 0.6) is 0 Å². The summed E-state index contributed by atoms with van der Waals surface area (Å²) in [6.45, 7) is 10.6. The van der Waals surface area contributed by atoms with E-state index in [1.807, 2.05) is 41.7 Å². The zero-order valence-electron chi connectivity index (χ0n) is 17.7. The number of likely N-dealkylation sites (N-methyl/N-ethyl adjacent to an activating group) is 1. The molecule has 2 aromatic rings. The van der Waals surface area contributed by atoms with Crippen molar-refractivity contribution < 1.29 is 4.79 Å². The van der Waals surface area contributed by atoms with Gasteiger partial charge < -0.3 is 10.6 Å². The summed E-state index contributed by atoms with van der Waals surface area (Å²) in [6.07, 6.45) is 0. The van der Waals surface area contributed by atoms with E-state index < -0.39 is 11.2 Å². The molecule has 0 aliphatic heterocycles. The molecule has 10 heteroatoms. The van der Waals surface area contributed by atoms with Crippen molar-refractivity contribution in [1.82, 2.24) is 25.2 Å². The third-order valence-corrected chi connectivity index (χ3v) is 4.41. The van der Waals surface area contributed by atoms with Crippen LogP contribution in [0.25, 0.3) is 11.0 Å². The van der Waals surface area contributed by atoms with Crippen LogP contribution in [0.3, 0.4) is 0 Å². The number of H-pyrrole nitrogens is 1. The predicted molar refractivity (Wildman–Crippen MR) is 121 cm³/mol. The summed E-state index contributed by atoms with van der Waals surface area (Å²) in [4.78, 5) is 44.6. The van der Waals surface area contributed by atoms with Crippen LogP contribution in [0.2, 0.25) is 0 Å². The average molecular weight is 448 g/mol. The van der Waals surface area contributed by atoms with Crippen molar-refractivity contribution in [2.45, 2.75) is 53.1 Å². The quantitative estimate of drug-likeness (QED) is 0.601. The van der Waals surface area contributed by atoms with Gasteiger partial charge in [0.1, 0.15) is 0 Å². The molecular weight excluding hydrogens is 417 g/mol. The average Bonchev–Trinajstić information content (AvgIpc) is 2.61. The Kier molecular flexibility index (Phi) is 10.6. The third-order valence-electron chi connectivity index (χ3n) is 4.41. The minimum Gasteiger partial charge on any atom is -0.350 e. The van der Waals surface area contributed by atoms with E-state index in [0.717, 1.165) is 0 Å². The lowest BCUT2D eigenvalue weighted by atomic mass is 10.0. The molecular formula is C19H31Cl2N5O3. The largest absolute Gasteiger partial charge is 0.350 e. The van der Waals surface area contributed by atoms with E-state index in [4.69, 9.17) is 0 Å². The molecule has 0 radical (unpaired) electrons. The van der Waals surface area contributed by atoms with E-state index >= 15 is 0 Å². The summed E-state index contributed by atoms with van der Waals surface area (Å²) in [5.41, 5.74) is 0.0624. The minimum absolute atomic E-state index is 0. The van der Waals surface area contributed by atoms with Crippen LogP contribution >= 0.6 is 24.8 Å². The SMILES string of the molecule is CNC(C)CNC(=O)c1cc(C(C)C)nc2c1c(=O)[nH]c(=O)n2CC(C)C.Cl.Cl. The maximum Gasteiger partial charge on any atom is 0.330 e. The van der Waals surface area contributed by atoms with Gasteiger partial charge in [-0.3, -0.25) is 19.1 Å². The summed E-state index contributed by atoms with van der Waals surface area (Å²) >= 11 is 0. The van der Waals surface area contributed by atoms with Crippen LogP contribution in [0.1, 0.15) is 56.6 Å². The van der Waals surface area contributed by atoms with E-state index in [-0.39, 0.29) is 65.2 Å². The van der Waals surface area contributed by atoms with Crippen LogP contribution in [0.4, 0.5) is 0 Å². The zero-order chi connectivity index (χ0) is 20.3. The van der Waals surface area contributed by atoms with Gasteiger partial charge in [-0.05, 0) is 31.9 Å². The van der Waals surface area contributed by atoms with E-state index in [2.05, 4.69) is 20.6 Å². The molecule has 1 atom stereocenters. The molecule has 8 nitrogen and oxygen atoms in total. The van der Waals surface area contributed by atoms with Crippen molar-refractivity contribution >= 4 is 41.8 Å². The van der Waals surface area contributed by atoms with Gasteiger partial charge in [-0.15, -0.1) is 24.8 Å². The Labute approximate surface area is 182 Å². The molecule has 0 bridgehead atoms. The molecule has 0 aromatic carbocycles. The van der Waals surface area contributed by atoms with Crippen molar-refractivity contribution in [3.63, 3.8) is 0 Å². The number of amides is 1. The Morgan fingerprint density at radius 3 is 2.31 bits per heavy atom. The van der Waals surface area contributed by atoms with Crippen molar-refractivity contribution in [2.75, 3.05) is 13.6 Å². The number of halogens is 2. The monoisotopic (exact) mass is 447 g/mol. The summed E-state index contributed by atoms with van der Waals surface area (Å²) in [5, 5.41) is 6.04. The van der Waals surface area contributed by atoms with E-state index in [1.54, 1.807) is 6.07 Å². The second-order valence-electron chi connectivity index (χ2n) is 7.61. The Morgan fingerprint density at radius 2 is 1.79 bits per heavy atom. The molecule has 2 heterocycles. The molecule has 0 saturated carbocycles. The number of aromatic nitrogens is 3. The number of hydrogen-bond donors (Lipinski definition) is 3. The highest BCUT2D eigenvalue weighted by molar-refractivity contribution is 6.05. The molecule has 2 aromatic heterocycles. The van der Waals surface area contributed by atoms with Gasteiger partial charge in [0.15, 0.2) is 5.65 Å². The molecule has 2 rings (SSSR count). The molecule has 29 heavy (non-hydrogen) atoms. The minimum atomic E-state index is -0.593. The fourth-order valence-corrected chi connectivity index (χ4v) is 2.75. The molecule has 0 spiro atoms. The standard InChI is InChI=1S/C19H29N5O3.2ClH/c1-10(2)9-24-16-15(18(26)23-19(24)27)13(7-14(22-16)11(3)4)17(25)21-8-12(5)20-6;;/h7,10-12,20H,8-9H2,1-6H3,(H,21,25)(H,23,26,27);2*1H. The Balaban J connectivity index is 0.00000392. The van der Waals surface area contributed by atoms with Crippen LogP contribution < -0.4 is 21.9 Å². The number of nitrogens with zero attached hydrogens (tertiary/aromatic N) is 2. The summed E-state index contributed by atoms with van der Waals surface area (Å²) in [6, 6.07) is 1.73. The number of carbonyl (C=O) groups is 1. The summed E-state index contributed by atoms with van der Waals surface area (Å²) in [7, 11) is 1.81. The molecule has 0 fully saturated rings. The number of hydrogen-bond acceptors (Lipinski definition) is 5. The first-order valence-electron chi connectivity index (χ1n) is 9.28. The van der Waals surface area contributed by atoms with Crippen LogP contribution in [0.15, 0.2) is 15.7 Å². The number of pyridine rings is 1. The fraction of sp³-hybridized carbons (Fsp3) is 0.579. The molecule has 164 valence electrons. The first kappa shape index (κ1) is 27.1. The van der Waals surface area contributed by atoms with Crippen LogP contribution in [-0.4, -0.2) is 40.1 Å². The number of nitrogens with one attached hydrogen (secondary N) is 3. The normalized spacial score (nSPS) is 11.9. The Hall–Kier alpha value is -1.90. The van der Waals surface area contributed by atoms with Gasteiger partial charge in [-0.2, -0.15) is 0 Å². The lowest BCUT2D eigenvalue weighted by Gasteiger charge is -2.16. The van der Waals surface area contributed by atoms with Crippen LogP contribution in [-0.2, 0) is 6.54 Å². The van der Waals surface area contributed by atoms with Crippen molar-refractivity contribution in [2.24, 2.45) is 5.92 Å². The Bertz CT molecular complexity index is 953. The van der Waals surface area contributed by atoms with Crippen molar-refractivity contribution in [3.05, 3.63) is 38.2 Å². The first-order valence-corrected chi connectivity index (χ1v) is 9.28. The molecule has 1 amide bonds. The van der Waals surface area contributed by atoms with Gasteiger partial charge in [-0.25, -0.2) is 9.78 Å². The zero-order valence-corrected chi connectivity index (χ0v) is 19.3. The van der Waals surface area contributed by atoms with Gasteiger partial charge in [0.05, 0.1) is 10.9 Å². The fourth-order valence-electron chi connectivity index (χ4n) is 2.75. The maximum atomic E-state index is 12.8. The highest BCUT2D eigenvalue weighted by atomic mass is 35.5. The number of rotatable bonds is 7. The predicted octanol–water partition coefficient (Wildman–Crippen LogP) is 2.05. The smallest absolute Gasteiger partial charge is 0.330 e. The summed E-state index contributed by atoms with van der Waals surface area (Å²) in [5.74, 6) is -0.138. The summed E-state index contributed by atoms with van der Waals surface area (Å²) < 4.78 is 1.44. The topological polar surface area (TPSA) is 109 Å². The molecule has 0 saturated heterocycles. The third kappa shape index (κ3) is 6.29. The lowest BCUT2D eigenvalue weighted by molar-refractivity contribution is 0.0952. The van der Waals surface area contributed by atoms with Crippen molar-refractivity contribution in [1.29, 1.82) is 0 Å². The molecule has 0 aliphatic rings. The van der Waals surface area contributed by atoms with Crippen molar-refractivity contribution in [3.8, 4) is 0 Å². The number of aromatic amines is 1. The first-order chi connectivity index (χ1) is 12.6. The van der Waals surface area contributed by atoms with Gasteiger partial charge in [0.25, 0.3) is 11.5 Å². The highest BCUT2D eigenvalue weighted by Crippen LogP contribution is 2.20. The van der Waals surface area contributed by atoms with Crippen LogP contribution in [0, 0.1) is 5.92 Å². The maximum absolute atomic E-state index is 12.8. The van der Waals surface area contributed by atoms with E-state index in [1.165, 1.54) is 4.57 Å². The second kappa shape index (κ2) is 11.3.